The van der Waals surface area contributed by atoms with Crippen molar-refractivity contribution in [2.24, 2.45) is 0 Å². The first-order valence-corrected chi connectivity index (χ1v) is 17.3. The molecule has 2 fully saturated rings. The van der Waals surface area contributed by atoms with Gasteiger partial charge >= 0.3 is 7.12 Å². The number of H-pyrrole nitrogens is 1. The van der Waals surface area contributed by atoms with E-state index in [1.165, 1.54) is 0 Å². The molecular weight excluding hydrogens is 681 g/mol. The summed E-state index contributed by atoms with van der Waals surface area (Å²) in [4.78, 5) is 12.0. The van der Waals surface area contributed by atoms with E-state index < -0.39 is 18.3 Å². The number of pyridine rings is 1. The number of nitrogens with zero attached hydrogens (tertiary/aromatic N) is 2. The van der Waals surface area contributed by atoms with Crippen molar-refractivity contribution in [3.63, 3.8) is 0 Å². The molecule has 4 heterocycles. The van der Waals surface area contributed by atoms with Crippen LogP contribution in [0.1, 0.15) is 48.0 Å². The zero-order valence-electron chi connectivity index (χ0n) is 29.7. The Morgan fingerprint density at radius 2 is 1.47 bits per heavy atom. The fourth-order valence-electron chi connectivity index (χ4n) is 5.31. The number of aliphatic hydroxyl groups excluding tert-OH is 4. The van der Waals surface area contributed by atoms with Gasteiger partial charge in [0.15, 0.2) is 5.65 Å². The van der Waals surface area contributed by atoms with Crippen LogP contribution in [0.2, 0.25) is 5.02 Å². The lowest BCUT2D eigenvalue weighted by molar-refractivity contribution is -0.131. The summed E-state index contributed by atoms with van der Waals surface area (Å²) in [5, 5.41) is 37.7. The van der Waals surface area contributed by atoms with Gasteiger partial charge < -0.3 is 53.7 Å². The van der Waals surface area contributed by atoms with E-state index in [9.17, 15) is 5.11 Å². The molecule has 0 spiro atoms. The Bertz CT molecular complexity index is 1710. The largest absolute Gasteiger partial charge is 0.494 e. The van der Waals surface area contributed by atoms with E-state index in [0.29, 0.717) is 34.1 Å². The third-order valence-electron chi connectivity index (χ3n) is 9.01. The Labute approximate surface area is 302 Å². The number of ether oxygens (including phenoxy) is 4. The molecule has 0 saturated carbocycles. The molecule has 2 saturated heterocycles. The molecule has 5 atom stereocenters. The summed E-state index contributed by atoms with van der Waals surface area (Å²) in [6.07, 6.45) is -1.98. The lowest BCUT2D eigenvalue weighted by Gasteiger charge is -2.32. The Balaban J connectivity index is 0.000000218. The van der Waals surface area contributed by atoms with Gasteiger partial charge in [-0.25, -0.2) is 4.98 Å². The minimum absolute atomic E-state index is 0.00101. The zero-order chi connectivity index (χ0) is 36.9. The van der Waals surface area contributed by atoms with Crippen LogP contribution >= 0.6 is 11.6 Å². The topological polar surface area (TPSA) is 178 Å². The molecule has 2 aliphatic heterocycles. The molecule has 15 heteroatoms. The molecule has 6 rings (SSSR count). The second kappa shape index (κ2) is 16.5. The molecule has 0 amide bonds. The number of rotatable bonds is 11. The molecule has 0 aliphatic carbocycles. The van der Waals surface area contributed by atoms with Crippen LogP contribution in [0.25, 0.3) is 22.4 Å². The Kier molecular flexibility index (Phi) is 12.5. The van der Waals surface area contributed by atoms with Crippen LogP contribution in [-0.2, 0) is 14.0 Å². The number of nitrogens with one attached hydrogen (secondary N) is 1. The highest BCUT2D eigenvalue weighted by Gasteiger charge is 2.51. The van der Waals surface area contributed by atoms with Gasteiger partial charge in [0, 0.05) is 12.0 Å². The summed E-state index contributed by atoms with van der Waals surface area (Å²) in [5.74, 6) is 1.37. The molecule has 4 aromatic rings. The third-order valence-corrected chi connectivity index (χ3v) is 9.30. The number of imidazole rings is 1. The summed E-state index contributed by atoms with van der Waals surface area (Å²) in [5.41, 5.74) is 2.71. The lowest BCUT2D eigenvalue weighted by Crippen LogP contribution is -2.45. The first-order chi connectivity index (χ1) is 24.2. The van der Waals surface area contributed by atoms with Gasteiger partial charge in [-0.05, 0) is 89.5 Å². The summed E-state index contributed by atoms with van der Waals surface area (Å²) in [7, 11) is -0.357. The molecule has 1 unspecified atom stereocenters. The van der Waals surface area contributed by atoms with Gasteiger partial charge in [-0.15, -0.1) is 0 Å². The molecule has 5 N–H and O–H groups in total. The van der Waals surface area contributed by atoms with E-state index in [4.69, 9.17) is 55.2 Å². The standard InChI is InChI=1S/C21H24ClN3O6.C15H23BO4/c1-11(8-26)30-13-4-2-12(3-5-13)19-15(22)7-16-20(24-19)25-21(23-16)31-14-6-17(28)18(9-27)29-10-14;1-11(10-17)18-13-8-6-12(7-9-13)16-19-14(2,3)15(4,5)20-16/h2-5,7,11,14,17-18,26-28H,6,8-10H2,1H3,(H,23,24,25);6-9,11,17H,10H2,1-5H3/t11?,14-,17+,18-;11-/m11/s1. The van der Waals surface area contributed by atoms with Gasteiger partial charge in [0.2, 0.25) is 0 Å². The number of benzene rings is 2. The monoisotopic (exact) mass is 727 g/mol. The maximum atomic E-state index is 9.99. The number of halogens is 1. The summed E-state index contributed by atoms with van der Waals surface area (Å²) < 4.78 is 34.3. The summed E-state index contributed by atoms with van der Waals surface area (Å²) in [6.45, 7) is 11.7. The number of hydrogen-bond acceptors (Lipinski definition) is 12. The van der Waals surface area contributed by atoms with E-state index in [0.717, 1.165) is 16.8 Å². The Morgan fingerprint density at radius 1 is 0.902 bits per heavy atom. The van der Waals surface area contributed by atoms with Gasteiger partial charge in [-0.2, -0.15) is 4.98 Å². The highest BCUT2D eigenvalue weighted by molar-refractivity contribution is 6.62. The number of fused-ring (bicyclic) bond motifs is 1. The van der Waals surface area contributed by atoms with Crippen molar-refractivity contribution in [1.29, 1.82) is 0 Å². The molecule has 2 aliphatic rings. The molecule has 0 radical (unpaired) electrons. The highest BCUT2D eigenvalue weighted by Crippen LogP contribution is 2.36. The number of aliphatic hydroxyl groups is 4. The fourth-order valence-corrected chi connectivity index (χ4v) is 5.57. The van der Waals surface area contributed by atoms with Crippen LogP contribution in [0, 0.1) is 0 Å². The highest BCUT2D eigenvalue weighted by atomic mass is 35.5. The zero-order valence-corrected chi connectivity index (χ0v) is 30.5. The van der Waals surface area contributed by atoms with Crippen molar-refractivity contribution in [3.8, 4) is 28.8 Å². The van der Waals surface area contributed by atoms with Gasteiger partial charge in [0.25, 0.3) is 6.01 Å². The van der Waals surface area contributed by atoms with Crippen LogP contribution in [0.5, 0.6) is 17.5 Å². The molecule has 0 bridgehead atoms. The van der Waals surface area contributed by atoms with Crippen molar-refractivity contribution in [3.05, 3.63) is 59.6 Å². The normalized spacial score (nSPS) is 22.2. The Morgan fingerprint density at radius 3 is 2.00 bits per heavy atom. The third kappa shape index (κ3) is 9.51. The summed E-state index contributed by atoms with van der Waals surface area (Å²) >= 11 is 6.44. The van der Waals surface area contributed by atoms with E-state index in [-0.39, 0.29) is 63.0 Å². The molecule has 51 heavy (non-hydrogen) atoms. The van der Waals surface area contributed by atoms with E-state index >= 15 is 0 Å². The predicted molar refractivity (Wildman–Crippen MR) is 193 cm³/mol. The van der Waals surface area contributed by atoms with E-state index in [1.807, 2.05) is 71.0 Å². The molecule has 2 aromatic heterocycles. The lowest BCUT2D eigenvalue weighted by atomic mass is 9.79. The average molecular weight is 728 g/mol. The predicted octanol–water partition coefficient (Wildman–Crippen LogP) is 3.67. The van der Waals surface area contributed by atoms with Gasteiger partial charge in [0.05, 0.1) is 60.0 Å². The first kappa shape index (κ1) is 38.8. The van der Waals surface area contributed by atoms with Crippen LogP contribution in [-0.4, -0.2) is 111 Å². The van der Waals surface area contributed by atoms with Crippen LogP contribution in [0.4, 0.5) is 0 Å². The van der Waals surface area contributed by atoms with E-state index in [2.05, 4.69) is 15.0 Å². The first-order valence-electron chi connectivity index (χ1n) is 17.0. The van der Waals surface area contributed by atoms with Crippen molar-refractivity contribution < 1.29 is 48.7 Å². The van der Waals surface area contributed by atoms with Crippen LogP contribution in [0.15, 0.2) is 54.6 Å². The summed E-state index contributed by atoms with van der Waals surface area (Å²) in [6, 6.07) is 16.8. The second-order valence-corrected chi connectivity index (χ2v) is 14.1. The smallest absolute Gasteiger partial charge is 0.488 e. The average Bonchev–Trinajstić information content (AvgIpc) is 3.59. The number of aromatic amines is 1. The Hall–Kier alpha value is -3.47. The SMILES string of the molecule is CC(CO)Oc1ccc(-c2nc3nc(O[C@H]4CO[C@H](CO)[C@@H](O)C4)[nH]c3cc2Cl)cc1.C[C@H](CO)Oc1ccc(B2OC(C)(C)C(C)(C)O2)cc1. The maximum Gasteiger partial charge on any atom is 0.494 e. The van der Waals surface area contributed by atoms with Crippen LogP contribution < -0.4 is 19.7 Å². The number of aromatic nitrogens is 3. The molecule has 2 aromatic carbocycles. The van der Waals surface area contributed by atoms with Gasteiger partial charge in [0.1, 0.15) is 35.9 Å². The molecular formula is C36H47BClN3O10. The second-order valence-electron chi connectivity index (χ2n) is 13.7. The van der Waals surface area contributed by atoms with Gasteiger partial charge in [-0.3, -0.25) is 0 Å². The van der Waals surface area contributed by atoms with Crippen molar-refractivity contribution >= 4 is 35.3 Å². The maximum absolute atomic E-state index is 9.99. The van der Waals surface area contributed by atoms with Gasteiger partial charge in [-0.1, -0.05) is 23.7 Å². The quantitative estimate of drug-likeness (QED) is 0.142. The molecule has 276 valence electrons. The molecule has 13 nitrogen and oxygen atoms in total. The van der Waals surface area contributed by atoms with Crippen molar-refractivity contribution in [2.45, 2.75) is 89.7 Å². The fraction of sp³-hybridized carbons (Fsp3) is 0.500. The van der Waals surface area contributed by atoms with Crippen LogP contribution in [0.3, 0.4) is 0 Å². The minimum Gasteiger partial charge on any atom is -0.488 e. The van der Waals surface area contributed by atoms with E-state index in [1.54, 1.807) is 25.1 Å². The number of hydrogen-bond donors (Lipinski definition) is 5. The van der Waals surface area contributed by atoms with Crippen molar-refractivity contribution in [1.82, 2.24) is 15.0 Å². The van der Waals surface area contributed by atoms with Crippen molar-refractivity contribution in [2.75, 3.05) is 26.4 Å². The minimum atomic E-state index is -0.806.